The Kier molecular flexibility index (Phi) is 3.55. The Balaban J connectivity index is 2.38. The maximum Gasteiger partial charge on any atom is 0.256 e. The van der Waals surface area contributed by atoms with E-state index >= 15 is 0 Å². The molecule has 0 unspecified atom stereocenters. The first-order valence-electron chi connectivity index (χ1n) is 6.54. The molecule has 1 heterocycles. The van der Waals surface area contributed by atoms with E-state index in [4.69, 9.17) is 9.30 Å². The molecule has 0 aliphatic heterocycles. The van der Waals surface area contributed by atoms with Gasteiger partial charge in [-0.3, -0.25) is 4.79 Å². The summed E-state index contributed by atoms with van der Waals surface area (Å²) >= 11 is 0. The standard InChI is InChI=1S/C16H12O7/c1-21-23-16-14(20)13-11(19)6-10(18)7-12(13)22-15(16)8-2-4-9(17)5-3-8/h2-7,17-19H,1H3. The van der Waals surface area contributed by atoms with Crippen molar-refractivity contribution in [3.05, 3.63) is 46.6 Å². The first-order chi connectivity index (χ1) is 11.0. The minimum absolute atomic E-state index is 0.0148. The molecule has 0 bridgehead atoms. The van der Waals surface area contributed by atoms with Crippen LogP contribution in [0.25, 0.3) is 22.3 Å². The lowest BCUT2D eigenvalue weighted by Crippen LogP contribution is -2.09. The number of aromatic hydroxyl groups is 3. The predicted molar refractivity (Wildman–Crippen MR) is 80.6 cm³/mol. The van der Waals surface area contributed by atoms with Gasteiger partial charge in [-0.2, -0.15) is 4.89 Å². The molecule has 1 aromatic heterocycles. The number of phenols is 3. The van der Waals surface area contributed by atoms with Crippen LogP contribution in [0, 0.1) is 0 Å². The summed E-state index contributed by atoms with van der Waals surface area (Å²) in [7, 11) is 1.22. The molecule has 7 nitrogen and oxygen atoms in total. The zero-order chi connectivity index (χ0) is 16.6. The van der Waals surface area contributed by atoms with Crippen molar-refractivity contribution >= 4 is 11.0 Å². The molecule has 23 heavy (non-hydrogen) atoms. The van der Waals surface area contributed by atoms with Crippen LogP contribution in [0.15, 0.2) is 45.6 Å². The molecule has 3 N–H and O–H groups in total. The van der Waals surface area contributed by atoms with Crippen LogP contribution in [0.1, 0.15) is 0 Å². The van der Waals surface area contributed by atoms with Gasteiger partial charge in [0.2, 0.25) is 5.43 Å². The second-order valence-electron chi connectivity index (χ2n) is 4.72. The minimum Gasteiger partial charge on any atom is -0.508 e. The minimum atomic E-state index is -0.659. The van der Waals surface area contributed by atoms with E-state index in [2.05, 4.69) is 4.89 Å². The van der Waals surface area contributed by atoms with Crippen molar-refractivity contribution < 1.29 is 29.5 Å². The lowest BCUT2D eigenvalue weighted by Gasteiger charge is -2.10. The van der Waals surface area contributed by atoms with E-state index in [1.165, 1.54) is 37.4 Å². The molecule has 118 valence electrons. The van der Waals surface area contributed by atoms with Crippen molar-refractivity contribution in [2.45, 2.75) is 0 Å². The van der Waals surface area contributed by atoms with E-state index in [1.807, 2.05) is 0 Å². The second-order valence-corrected chi connectivity index (χ2v) is 4.72. The maximum absolute atomic E-state index is 12.6. The van der Waals surface area contributed by atoms with Gasteiger partial charge in [0.25, 0.3) is 5.75 Å². The normalized spacial score (nSPS) is 10.8. The lowest BCUT2D eigenvalue weighted by molar-refractivity contribution is -0.179. The van der Waals surface area contributed by atoms with Gasteiger partial charge in [-0.05, 0) is 24.3 Å². The molecular formula is C16H12O7. The molecule has 3 aromatic rings. The largest absolute Gasteiger partial charge is 0.508 e. The zero-order valence-electron chi connectivity index (χ0n) is 11.9. The van der Waals surface area contributed by atoms with Gasteiger partial charge < -0.3 is 24.6 Å². The van der Waals surface area contributed by atoms with Crippen molar-refractivity contribution in [3.63, 3.8) is 0 Å². The number of hydrogen-bond donors (Lipinski definition) is 3. The second kappa shape index (κ2) is 5.54. The van der Waals surface area contributed by atoms with Crippen LogP contribution in [-0.4, -0.2) is 22.4 Å². The summed E-state index contributed by atoms with van der Waals surface area (Å²) in [6.45, 7) is 0. The SMILES string of the molecule is COOc1c(-c2ccc(O)cc2)oc2cc(O)cc(O)c2c1=O. The number of benzene rings is 2. The Morgan fingerprint density at radius 2 is 1.70 bits per heavy atom. The van der Waals surface area contributed by atoms with Crippen LogP contribution in [0.3, 0.4) is 0 Å². The van der Waals surface area contributed by atoms with Gasteiger partial charge >= 0.3 is 0 Å². The summed E-state index contributed by atoms with van der Waals surface area (Å²) in [5.74, 6) is -0.871. The molecule has 0 spiro atoms. The molecular weight excluding hydrogens is 304 g/mol. The van der Waals surface area contributed by atoms with Gasteiger partial charge in [0.05, 0.1) is 7.11 Å². The number of phenolic OH excluding ortho intramolecular Hbond substituents is 3. The molecule has 7 heteroatoms. The summed E-state index contributed by atoms with van der Waals surface area (Å²) in [6.07, 6.45) is 0. The van der Waals surface area contributed by atoms with E-state index < -0.39 is 11.2 Å². The van der Waals surface area contributed by atoms with Crippen LogP contribution in [0.4, 0.5) is 0 Å². The quantitative estimate of drug-likeness (QED) is 0.503. The molecule has 3 rings (SSSR count). The van der Waals surface area contributed by atoms with Gasteiger partial charge in [0.15, 0.2) is 5.76 Å². The van der Waals surface area contributed by atoms with Gasteiger partial charge in [-0.25, -0.2) is 0 Å². The average Bonchev–Trinajstić information content (AvgIpc) is 2.50. The van der Waals surface area contributed by atoms with E-state index in [9.17, 15) is 20.1 Å². The Morgan fingerprint density at radius 1 is 1.00 bits per heavy atom. The van der Waals surface area contributed by atoms with Gasteiger partial charge in [-0.1, -0.05) is 0 Å². The average molecular weight is 316 g/mol. The van der Waals surface area contributed by atoms with Gasteiger partial charge in [0, 0.05) is 17.7 Å². The predicted octanol–water partition coefficient (Wildman–Crippen LogP) is 2.52. The molecule has 0 atom stereocenters. The highest BCUT2D eigenvalue weighted by Gasteiger charge is 2.21. The van der Waals surface area contributed by atoms with Gasteiger partial charge in [-0.15, -0.1) is 0 Å². The number of hydrogen-bond acceptors (Lipinski definition) is 7. The van der Waals surface area contributed by atoms with Crippen LogP contribution < -0.4 is 10.3 Å². The monoisotopic (exact) mass is 316 g/mol. The van der Waals surface area contributed by atoms with E-state index in [1.54, 1.807) is 0 Å². The highest BCUT2D eigenvalue weighted by Crippen LogP contribution is 2.35. The van der Waals surface area contributed by atoms with Crippen LogP contribution in [-0.2, 0) is 4.89 Å². The maximum atomic E-state index is 12.6. The third-order valence-corrected chi connectivity index (χ3v) is 3.21. The highest BCUT2D eigenvalue weighted by molar-refractivity contribution is 5.88. The molecule has 0 aliphatic carbocycles. The molecule has 0 saturated carbocycles. The zero-order valence-corrected chi connectivity index (χ0v) is 11.9. The first kappa shape index (κ1) is 14.7. The smallest absolute Gasteiger partial charge is 0.256 e. The first-order valence-corrected chi connectivity index (χ1v) is 6.54. The van der Waals surface area contributed by atoms with Crippen LogP contribution in [0.5, 0.6) is 23.0 Å². The van der Waals surface area contributed by atoms with Gasteiger partial charge in [0.1, 0.15) is 28.2 Å². The topological polar surface area (TPSA) is 109 Å². The highest BCUT2D eigenvalue weighted by atomic mass is 17.2. The van der Waals surface area contributed by atoms with Crippen molar-refractivity contribution in [2.24, 2.45) is 0 Å². The van der Waals surface area contributed by atoms with Crippen molar-refractivity contribution in [2.75, 3.05) is 7.11 Å². The van der Waals surface area contributed by atoms with Crippen LogP contribution >= 0.6 is 0 Å². The molecule has 0 radical (unpaired) electrons. The van der Waals surface area contributed by atoms with Crippen LogP contribution in [0.2, 0.25) is 0 Å². The molecule has 0 fully saturated rings. The summed E-state index contributed by atoms with van der Waals surface area (Å²) < 4.78 is 5.61. The fourth-order valence-corrected chi connectivity index (χ4v) is 2.23. The third-order valence-electron chi connectivity index (χ3n) is 3.21. The third kappa shape index (κ3) is 2.53. The summed E-state index contributed by atoms with van der Waals surface area (Å²) in [5.41, 5.74) is -0.232. The lowest BCUT2D eigenvalue weighted by atomic mass is 10.1. The molecule has 0 aliphatic rings. The molecule has 0 saturated heterocycles. The van der Waals surface area contributed by atoms with Crippen molar-refractivity contribution in [1.82, 2.24) is 0 Å². The Labute approximate surface area is 129 Å². The van der Waals surface area contributed by atoms with E-state index in [0.29, 0.717) is 5.56 Å². The fourth-order valence-electron chi connectivity index (χ4n) is 2.23. The number of fused-ring (bicyclic) bond motifs is 1. The molecule has 0 amide bonds. The van der Waals surface area contributed by atoms with Crippen molar-refractivity contribution in [3.8, 4) is 34.3 Å². The molecule has 2 aromatic carbocycles. The fraction of sp³-hybridized carbons (Fsp3) is 0.0625. The summed E-state index contributed by atoms with van der Waals surface area (Å²) in [4.78, 5) is 22.0. The number of rotatable bonds is 3. The summed E-state index contributed by atoms with van der Waals surface area (Å²) in [6, 6.07) is 8.09. The Hall–Kier alpha value is -3.19. The van der Waals surface area contributed by atoms with E-state index in [0.717, 1.165) is 6.07 Å². The summed E-state index contributed by atoms with van der Waals surface area (Å²) in [5, 5.41) is 28.7. The van der Waals surface area contributed by atoms with Crippen molar-refractivity contribution in [1.29, 1.82) is 0 Å². The van der Waals surface area contributed by atoms with E-state index in [-0.39, 0.29) is 34.0 Å². The Morgan fingerprint density at radius 3 is 2.35 bits per heavy atom. The Bertz CT molecular complexity index is 926.